The van der Waals surface area contributed by atoms with Crippen LogP contribution in [0.1, 0.15) is 54.9 Å². The lowest BCUT2D eigenvalue weighted by molar-refractivity contribution is -0.134. The molecule has 0 radical (unpaired) electrons. The molecule has 0 spiro atoms. The molecule has 1 aromatic heterocycles. The Balaban J connectivity index is 1.61. The Hall–Kier alpha value is -3.16. The number of ether oxygens (including phenoxy) is 1. The third-order valence-corrected chi connectivity index (χ3v) is 6.38. The Morgan fingerprint density at radius 2 is 2.06 bits per heavy atom. The SMILES string of the molecule is CNc1nc([C@H]2CCCCN2C(=O)Cc2cccc(OC)c2)nc2c1CCN(C(C)=O)C2. The van der Waals surface area contributed by atoms with Crippen molar-refractivity contribution >= 4 is 17.6 Å². The molecule has 4 rings (SSSR count). The van der Waals surface area contributed by atoms with Crippen LogP contribution >= 0.6 is 0 Å². The molecule has 1 saturated heterocycles. The Kier molecular flexibility index (Phi) is 6.58. The monoisotopic (exact) mass is 437 g/mol. The molecule has 1 N–H and O–H groups in total. The van der Waals surface area contributed by atoms with Crippen molar-refractivity contribution < 1.29 is 14.3 Å². The Bertz CT molecular complexity index is 1010. The van der Waals surface area contributed by atoms with Crippen molar-refractivity contribution in [1.29, 1.82) is 0 Å². The van der Waals surface area contributed by atoms with Gasteiger partial charge in [0.25, 0.3) is 0 Å². The van der Waals surface area contributed by atoms with Crippen molar-refractivity contribution in [2.24, 2.45) is 0 Å². The van der Waals surface area contributed by atoms with Gasteiger partial charge < -0.3 is 19.9 Å². The molecule has 170 valence electrons. The molecule has 0 bridgehead atoms. The summed E-state index contributed by atoms with van der Waals surface area (Å²) in [7, 11) is 3.48. The van der Waals surface area contributed by atoms with E-state index >= 15 is 0 Å². The fourth-order valence-electron chi connectivity index (χ4n) is 4.63. The van der Waals surface area contributed by atoms with E-state index in [4.69, 9.17) is 14.7 Å². The number of fused-ring (bicyclic) bond motifs is 1. The first-order chi connectivity index (χ1) is 15.5. The van der Waals surface area contributed by atoms with E-state index in [9.17, 15) is 9.59 Å². The molecule has 1 aromatic carbocycles. The highest BCUT2D eigenvalue weighted by molar-refractivity contribution is 5.79. The Morgan fingerprint density at radius 3 is 2.81 bits per heavy atom. The van der Waals surface area contributed by atoms with Crippen LogP contribution in [0.5, 0.6) is 5.75 Å². The number of nitrogens with zero attached hydrogens (tertiary/aromatic N) is 4. The van der Waals surface area contributed by atoms with Gasteiger partial charge in [-0.2, -0.15) is 0 Å². The van der Waals surface area contributed by atoms with E-state index in [0.717, 1.165) is 54.1 Å². The van der Waals surface area contributed by atoms with E-state index in [2.05, 4.69) is 5.32 Å². The number of benzene rings is 1. The number of carbonyl (C=O) groups is 2. The van der Waals surface area contributed by atoms with Crippen molar-refractivity contribution in [2.75, 3.05) is 32.6 Å². The lowest BCUT2D eigenvalue weighted by Gasteiger charge is -2.36. The number of likely N-dealkylation sites (tertiary alicyclic amines) is 1. The summed E-state index contributed by atoms with van der Waals surface area (Å²) >= 11 is 0. The fourth-order valence-corrected chi connectivity index (χ4v) is 4.63. The smallest absolute Gasteiger partial charge is 0.227 e. The van der Waals surface area contributed by atoms with Crippen molar-refractivity contribution in [2.45, 2.75) is 51.6 Å². The summed E-state index contributed by atoms with van der Waals surface area (Å²) in [6.45, 7) is 3.45. The maximum absolute atomic E-state index is 13.3. The molecule has 2 aliphatic heterocycles. The number of piperidine rings is 1. The molecule has 0 unspecified atom stereocenters. The van der Waals surface area contributed by atoms with Crippen molar-refractivity contribution in [3.05, 3.63) is 46.9 Å². The lowest BCUT2D eigenvalue weighted by Crippen LogP contribution is -2.41. The number of carbonyl (C=O) groups excluding carboxylic acids is 2. The summed E-state index contributed by atoms with van der Waals surface area (Å²) in [6.07, 6.45) is 3.89. The third kappa shape index (κ3) is 4.54. The average molecular weight is 438 g/mol. The van der Waals surface area contributed by atoms with E-state index in [1.807, 2.05) is 41.1 Å². The van der Waals surface area contributed by atoms with Gasteiger partial charge in [-0.15, -0.1) is 0 Å². The third-order valence-electron chi connectivity index (χ3n) is 6.38. The zero-order chi connectivity index (χ0) is 22.7. The minimum Gasteiger partial charge on any atom is -0.497 e. The van der Waals surface area contributed by atoms with E-state index in [-0.39, 0.29) is 17.9 Å². The first kappa shape index (κ1) is 22.0. The summed E-state index contributed by atoms with van der Waals surface area (Å²) in [5, 5.41) is 3.20. The van der Waals surface area contributed by atoms with Gasteiger partial charge in [-0.25, -0.2) is 9.97 Å². The van der Waals surface area contributed by atoms with E-state index in [1.54, 1.807) is 14.0 Å². The Labute approximate surface area is 189 Å². The zero-order valence-corrected chi connectivity index (χ0v) is 19.1. The van der Waals surface area contributed by atoms with Crippen LogP contribution in [0.2, 0.25) is 0 Å². The standard InChI is InChI=1S/C24H31N5O3/c1-16(30)28-12-10-19-20(15-28)26-24(27-23(19)25-2)21-9-4-5-11-29(21)22(31)14-17-7-6-8-18(13-17)32-3/h6-8,13,21H,4-5,9-12,14-15H2,1-3H3,(H,25,26,27)/t21-/m1/s1. The molecule has 1 fully saturated rings. The van der Waals surface area contributed by atoms with E-state index < -0.39 is 0 Å². The molecule has 2 aromatic rings. The number of aromatic nitrogens is 2. The van der Waals surface area contributed by atoms with Gasteiger partial charge in [0.1, 0.15) is 11.6 Å². The number of nitrogens with one attached hydrogen (secondary N) is 1. The molecular weight excluding hydrogens is 406 g/mol. The summed E-state index contributed by atoms with van der Waals surface area (Å²) in [5.41, 5.74) is 2.88. The van der Waals surface area contributed by atoms with Crippen LogP contribution in [-0.2, 0) is 29.0 Å². The molecule has 3 heterocycles. The number of methoxy groups -OCH3 is 1. The van der Waals surface area contributed by atoms with E-state index in [0.29, 0.717) is 31.9 Å². The summed E-state index contributed by atoms with van der Waals surface area (Å²) in [5.74, 6) is 2.34. The van der Waals surface area contributed by atoms with Crippen LogP contribution in [0.25, 0.3) is 0 Å². The highest BCUT2D eigenvalue weighted by Crippen LogP contribution is 2.33. The first-order valence-electron chi connectivity index (χ1n) is 11.3. The number of rotatable bonds is 5. The zero-order valence-electron chi connectivity index (χ0n) is 19.1. The number of anilines is 1. The van der Waals surface area contributed by atoms with Crippen LogP contribution < -0.4 is 10.1 Å². The van der Waals surface area contributed by atoms with E-state index in [1.165, 1.54) is 0 Å². The minimum absolute atomic E-state index is 0.0505. The van der Waals surface area contributed by atoms with Gasteiger partial charge in [0.2, 0.25) is 11.8 Å². The average Bonchev–Trinajstić information content (AvgIpc) is 2.82. The molecule has 2 amide bonds. The normalized spacial score (nSPS) is 18.2. The predicted molar refractivity (Wildman–Crippen MR) is 121 cm³/mol. The molecule has 8 nitrogen and oxygen atoms in total. The molecular formula is C24H31N5O3. The second kappa shape index (κ2) is 9.54. The van der Waals surface area contributed by atoms with Crippen molar-refractivity contribution in [3.63, 3.8) is 0 Å². The quantitative estimate of drug-likeness (QED) is 0.774. The molecule has 0 saturated carbocycles. The number of hydrogen-bond acceptors (Lipinski definition) is 6. The van der Waals surface area contributed by atoms with Crippen molar-refractivity contribution in [3.8, 4) is 5.75 Å². The summed E-state index contributed by atoms with van der Waals surface area (Å²) in [6, 6.07) is 7.47. The summed E-state index contributed by atoms with van der Waals surface area (Å²) < 4.78 is 5.30. The lowest BCUT2D eigenvalue weighted by atomic mass is 9.98. The second-order valence-corrected chi connectivity index (χ2v) is 8.42. The van der Waals surface area contributed by atoms with Crippen LogP contribution in [0.4, 0.5) is 5.82 Å². The van der Waals surface area contributed by atoms with Crippen LogP contribution in [0.3, 0.4) is 0 Å². The maximum Gasteiger partial charge on any atom is 0.227 e. The largest absolute Gasteiger partial charge is 0.497 e. The molecule has 8 heteroatoms. The first-order valence-corrected chi connectivity index (χ1v) is 11.3. The Morgan fingerprint density at radius 1 is 1.22 bits per heavy atom. The van der Waals surface area contributed by atoms with Gasteiger partial charge in [-0.05, 0) is 43.4 Å². The van der Waals surface area contributed by atoms with Gasteiger partial charge in [0, 0.05) is 32.6 Å². The van der Waals surface area contributed by atoms with Crippen LogP contribution in [-0.4, -0.2) is 58.8 Å². The van der Waals surface area contributed by atoms with Gasteiger partial charge >= 0.3 is 0 Å². The number of hydrogen-bond donors (Lipinski definition) is 1. The topological polar surface area (TPSA) is 87.7 Å². The molecule has 0 aliphatic carbocycles. The van der Waals surface area contributed by atoms with Gasteiger partial charge in [0.05, 0.1) is 31.8 Å². The van der Waals surface area contributed by atoms with Gasteiger partial charge in [-0.3, -0.25) is 9.59 Å². The van der Waals surface area contributed by atoms with Gasteiger partial charge in [-0.1, -0.05) is 12.1 Å². The number of amides is 2. The maximum atomic E-state index is 13.3. The highest BCUT2D eigenvalue weighted by Gasteiger charge is 2.32. The fraction of sp³-hybridized carbons (Fsp3) is 0.500. The molecule has 2 aliphatic rings. The second-order valence-electron chi connectivity index (χ2n) is 8.42. The molecule has 1 atom stereocenters. The van der Waals surface area contributed by atoms with Crippen molar-refractivity contribution in [1.82, 2.24) is 19.8 Å². The minimum atomic E-state index is -0.160. The van der Waals surface area contributed by atoms with Crippen LogP contribution in [0.15, 0.2) is 24.3 Å². The van der Waals surface area contributed by atoms with Gasteiger partial charge in [0.15, 0.2) is 5.82 Å². The molecule has 32 heavy (non-hydrogen) atoms. The van der Waals surface area contributed by atoms with Crippen LogP contribution in [0, 0.1) is 0 Å². The highest BCUT2D eigenvalue weighted by atomic mass is 16.5. The summed E-state index contributed by atoms with van der Waals surface area (Å²) in [4.78, 5) is 38.7. The predicted octanol–water partition coefficient (Wildman–Crippen LogP) is 2.73.